The minimum Gasteiger partial charge on any atom is -0.465 e. The topological polar surface area (TPSA) is 81.6 Å². The van der Waals surface area contributed by atoms with Gasteiger partial charge in [-0.05, 0) is 42.7 Å². The molecule has 5 rings (SSSR count). The van der Waals surface area contributed by atoms with Crippen molar-refractivity contribution in [3.63, 3.8) is 0 Å². The molecule has 2 atom stereocenters. The van der Waals surface area contributed by atoms with E-state index >= 15 is 0 Å². The van der Waals surface area contributed by atoms with Crippen molar-refractivity contribution in [3.8, 4) is 0 Å². The number of para-hydroxylation sites is 3. The Balaban J connectivity index is 1.64. The molecule has 2 unspecified atom stereocenters. The third-order valence-corrected chi connectivity index (χ3v) is 7.29. The van der Waals surface area contributed by atoms with Gasteiger partial charge in [-0.2, -0.15) is 0 Å². The van der Waals surface area contributed by atoms with Gasteiger partial charge in [-0.3, -0.25) is 9.47 Å². The monoisotopic (exact) mass is 470 g/mol. The Morgan fingerprint density at radius 3 is 2.37 bits per heavy atom. The highest BCUT2D eigenvalue weighted by atomic mass is 16.4. The second kappa shape index (κ2) is 9.33. The number of benzene rings is 3. The molecular weight excluding hydrogens is 440 g/mol. The average Bonchev–Trinajstić information content (AvgIpc) is 3.23. The van der Waals surface area contributed by atoms with E-state index in [0.717, 1.165) is 22.3 Å². The van der Waals surface area contributed by atoms with Crippen molar-refractivity contribution in [1.82, 2.24) is 14.5 Å². The van der Waals surface area contributed by atoms with Gasteiger partial charge >= 0.3 is 11.8 Å². The van der Waals surface area contributed by atoms with Crippen molar-refractivity contribution < 1.29 is 9.90 Å². The first-order valence-corrected chi connectivity index (χ1v) is 12.1. The second-order valence-electron chi connectivity index (χ2n) is 9.14. The molecule has 35 heavy (non-hydrogen) atoms. The summed E-state index contributed by atoms with van der Waals surface area (Å²) in [4.78, 5) is 32.4. The van der Waals surface area contributed by atoms with Gasteiger partial charge in [0.25, 0.3) is 0 Å². The molecule has 3 aromatic carbocycles. The minimum absolute atomic E-state index is 0.142. The van der Waals surface area contributed by atoms with E-state index in [1.807, 2.05) is 84.3 Å². The Morgan fingerprint density at radius 1 is 1.03 bits per heavy atom. The van der Waals surface area contributed by atoms with Gasteiger partial charge in [0.1, 0.15) is 5.66 Å². The molecule has 7 nitrogen and oxygen atoms in total. The van der Waals surface area contributed by atoms with E-state index < -0.39 is 11.8 Å². The number of imidazole rings is 1. The fourth-order valence-electron chi connectivity index (χ4n) is 5.64. The fraction of sp³-hybridized carbons (Fsp3) is 0.286. The van der Waals surface area contributed by atoms with Crippen LogP contribution in [0.1, 0.15) is 37.8 Å². The molecule has 1 aliphatic rings. The van der Waals surface area contributed by atoms with Gasteiger partial charge in [0.2, 0.25) is 0 Å². The van der Waals surface area contributed by atoms with Crippen LogP contribution in [0.25, 0.3) is 11.0 Å². The number of likely N-dealkylation sites (tertiary alicyclic amines) is 1. The summed E-state index contributed by atoms with van der Waals surface area (Å²) in [5.74, 6) is 0. The second-order valence-corrected chi connectivity index (χ2v) is 9.14. The van der Waals surface area contributed by atoms with Crippen LogP contribution in [0.4, 0.5) is 10.5 Å². The number of aromatic amines is 1. The van der Waals surface area contributed by atoms with Gasteiger partial charge in [0.15, 0.2) is 0 Å². The molecule has 2 N–H and O–H groups in total. The van der Waals surface area contributed by atoms with Crippen molar-refractivity contribution >= 4 is 22.8 Å². The number of hydrogen-bond donors (Lipinski definition) is 2. The molecule has 0 radical (unpaired) electrons. The van der Waals surface area contributed by atoms with E-state index in [4.69, 9.17) is 0 Å². The van der Waals surface area contributed by atoms with Crippen LogP contribution in [-0.4, -0.2) is 37.9 Å². The van der Waals surface area contributed by atoms with Gasteiger partial charge in [-0.15, -0.1) is 0 Å². The van der Waals surface area contributed by atoms with Crippen molar-refractivity contribution in [2.75, 3.05) is 11.4 Å². The number of nitrogens with zero attached hydrogens (tertiary/aromatic N) is 3. The third-order valence-electron chi connectivity index (χ3n) is 7.29. The summed E-state index contributed by atoms with van der Waals surface area (Å²) in [5.41, 5.74) is 2.72. The highest BCUT2D eigenvalue weighted by molar-refractivity contribution is 5.75. The molecule has 0 saturated carbocycles. The normalized spacial score (nSPS) is 20.1. The molecular formula is C28H30N4O3. The number of H-pyrrole nitrogens is 1. The van der Waals surface area contributed by atoms with E-state index in [1.165, 1.54) is 0 Å². The number of carbonyl (C=O) groups is 1. The number of nitrogens with one attached hydrogen (secondary N) is 1. The van der Waals surface area contributed by atoms with Crippen LogP contribution >= 0.6 is 0 Å². The summed E-state index contributed by atoms with van der Waals surface area (Å²) in [7, 11) is 0. The Labute approximate surface area is 204 Å². The van der Waals surface area contributed by atoms with Gasteiger partial charge in [0.05, 0.1) is 11.0 Å². The highest BCUT2D eigenvalue weighted by Crippen LogP contribution is 2.43. The van der Waals surface area contributed by atoms with Crippen molar-refractivity contribution in [2.24, 2.45) is 0 Å². The molecule has 180 valence electrons. The Kier molecular flexibility index (Phi) is 6.07. The molecule has 1 aliphatic heterocycles. The smallest absolute Gasteiger partial charge is 0.409 e. The van der Waals surface area contributed by atoms with Gasteiger partial charge in [-0.1, -0.05) is 67.6 Å². The Morgan fingerprint density at radius 2 is 1.69 bits per heavy atom. The molecule has 1 amide bonds. The zero-order chi connectivity index (χ0) is 24.4. The van der Waals surface area contributed by atoms with Crippen LogP contribution in [0.3, 0.4) is 0 Å². The molecule has 1 fully saturated rings. The molecule has 0 aliphatic carbocycles. The first-order chi connectivity index (χ1) is 17.0. The number of piperidine rings is 1. The lowest BCUT2D eigenvalue weighted by atomic mass is 9.86. The van der Waals surface area contributed by atoms with E-state index in [-0.39, 0.29) is 11.7 Å². The zero-order valence-corrected chi connectivity index (χ0v) is 19.8. The molecule has 2 heterocycles. The van der Waals surface area contributed by atoms with Crippen LogP contribution in [0.15, 0.2) is 89.7 Å². The van der Waals surface area contributed by atoms with Gasteiger partial charge in [-0.25, -0.2) is 9.59 Å². The Bertz CT molecular complexity index is 1370. The average molecular weight is 471 g/mol. The zero-order valence-electron chi connectivity index (χ0n) is 19.8. The molecule has 7 heteroatoms. The summed E-state index contributed by atoms with van der Waals surface area (Å²) in [6, 6.07) is 27.6. The maximum absolute atomic E-state index is 13.0. The van der Waals surface area contributed by atoms with Crippen LogP contribution in [0, 0.1) is 0 Å². The Hall–Kier alpha value is -4.00. The summed E-state index contributed by atoms with van der Waals surface area (Å²) < 4.78 is 1.82. The third kappa shape index (κ3) is 4.07. The van der Waals surface area contributed by atoms with Crippen molar-refractivity contribution in [1.29, 1.82) is 0 Å². The molecule has 0 spiro atoms. The standard InChI is InChI=1S/C28H30N4O3/c1-2-28(31(22-13-7-4-8-14-22)20-21-11-5-3-6-12-21)19-23(17-18-30(28)27(34)35)32-25-16-10-9-15-24(25)29-26(32)33/h3-16,23H,2,17-20H2,1H3,(H,29,33)(H,34,35). The first-order valence-electron chi connectivity index (χ1n) is 12.1. The summed E-state index contributed by atoms with van der Waals surface area (Å²) in [6.45, 7) is 2.94. The number of anilines is 1. The molecule has 1 aromatic heterocycles. The predicted octanol–water partition coefficient (Wildman–Crippen LogP) is 5.46. The van der Waals surface area contributed by atoms with Gasteiger partial charge < -0.3 is 15.0 Å². The van der Waals surface area contributed by atoms with Crippen LogP contribution in [0.5, 0.6) is 0 Å². The van der Waals surface area contributed by atoms with Crippen molar-refractivity contribution in [2.45, 2.75) is 44.4 Å². The van der Waals surface area contributed by atoms with Crippen LogP contribution in [-0.2, 0) is 6.54 Å². The van der Waals surface area contributed by atoms with Crippen molar-refractivity contribution in [3.05, 3.63) is 101 Å². The lowest BCUT2D eigenvalue weighted by molar-refractivity contribution is 0.0221. The van der Waals surface area contributed by atoms with E-state index in [2.05, 4.69) is 22.0 Å². The minimum atomic E-state index is -0.939. The molecule has 4 aromatic rings. The lowest BCUT2D eigenvalue weighted by Crippen LogP contribution is -2.65. The number of rotatable bonds is 6. The number of amides is 1. The van der Waals surface area contributed by atoms with Gasteiger partial charge in [0, 0.05) is 31.2 Å². The molecule has 0 bridgehead atoms. The largest absolute Gasteiger partial charge is 0.465 e. The summed E-state index contributed by atoms with van der Waals surface area (Å²) >= 11 is 0. The first kappa shape index (κ1) is 22.8. The summed E-state index contributed by atoms with van der Waals surface area (Å²) in [6.07, 6.45) is 0.711. The molecule has 1 saturated heterocycles. The number of fused-ring (bicyclic) bond motifs is 1. The SMILES string of the molecule is CCC1(N(Cc2ccccc2)c2ccccc2)CC(n2c(=O)[nH]c3ccccc32)CCN1C(=O)O. The van der Waals surface area contributed by atoms with E-state index in [0.29, 0.717) is 32.4 Å². The maximum atomic E-state index is 13.0. The van der Waals surface area contributed by atoms with E-state index in [1.54, 1.807) is 4.90 Å². The van der Waals surface area contributed by atoms with E-state index in [9.17, 15) is 14.7 Å². The number of hydrogen-bond acceptors (Lipinski definition) is 3. The number of carboxylic acid groups (broad SMARTS) is 1. The highest BCUT2D eigenvalue weighted by Gasteiger charge is 2.49. The maximum Gasteiger partial charge on any atom is 0.409 e. The predicted molar refractivity (Wildman–Crippen MR) is 138 cm³/mol. The summed E-state index contributed by atoms with van der Waals surface area (Å²) in [5, 5.41) is 10.3. The number of aromatic nitrogens is 2. The van der Waals surface area contributed by atoms with Crippen LogP contribution < -0.4 is 10.6 Å². The lowest BCUT2D eigenvalue weighted by Gasteiger charge is -2.55. The van der Waals surface area contributed by atoms with Crippen LogP contribution in [0.2, 0.25) is 0 Å². The fourth-order valence-corrected chi connectivity index (χ4v) is 5.64. The quantitative estimate of drug-likeness (QED) is 0.392.